The molecule has 4 N–H and O–H groups in total. The van der Waals surface area contributed by atoms with Gasteiger partial charge in [0.05, 0.1) is 12.7 Å². The van der Waals surface area contributed by atoms with E-state index in [1.54, 1.807) is 11.1 Å². The molecule has 1 aromatic heterocycles. The van der Waals surface area contributed by atoms with Crippen LogP contribution >= 0.6 is 11.3 Å². The first-order chi connectivity index (χ1) is 6.13. The maximum atomic E-state index is 10.7. The van der Waals surface area contributed by atoms with Crippen LogP contribution in [0.3, 0.4) is 0 Å². The van der Waals surface area contributed by atoms with Gasteiger partial charge >= 0.3 is 0 Å². The zero-order valence-corrected chi connectivity index (χ0v) is 8.17. The molecule has 13 heavy (non-hydrogen) atoms. The zero-order valence-electron chi connectivity index (χ0n) is 7.36. The molecule has 1 aromatic rings. The van der Waals surface area contributed by atoms with Crippen LogP contribution in [0.2, 0.25) is 0 Å². The van der Waals surface area contributed by atoms with Crippen LogP contribution < -0.4 is 16.4 Å². The quantitative estimate of drug-likeness (QED) is 0.718. The van der Waals surface area contributed by atoms with Gasteiger partial charge in [0.15, 0.2) is 5.13 Å². The number of carbonyl (C=O) groups is 1. The van der Waals surface area contributed by atoms with Gasteiger partial charge in [0.2, 0.25) is 5.91 Å². The van der Waals surface area contributed by atoms with E-state index < -0.39 is 0 Å². The normalized spacial score (nSPS) is 9.92. The van der Waals surface area contributed by atoms with Crippen molar-refractivity contribution in [2.45, 2.75) is 6.92 Å². The lowest BCUT2D eigenvalue weighted by Gasteiger charge is -2.16. The molecule has 0 aromatic carbocycles. The Kier molecular flexibility index (Phi) is 3.07. The predicted octanol–water partition coefficient (Wildman–Crippen LogP) is 0.0369. The van der Waals surface area contributed by atoms with Crippen LogP contribution in [0.15, 0.2) is 6.20 Å². The smallest absolute Gasteiger partial charge is 0.237 e. The van der Waals surface area contributed by atoms with Gasteiger partial charge in [-0.25, -0.2) is 4.98 Å². The number of primary amides is 1. The molecule has 0 unspecified atom stereocenters. The van der Waals surface area contributed by atoms with Gasteiger partial charge in [-0.3, -0.25) is 4.79 Å². The second-order valence-corrected chi connectivity index (χ2v) is 3.57. The Labute approximate surface area is 80.4 Å². The molecule has 5 nitrogen and oxygen atoms in total. The summed E-state index contributed by atoms with van der Waals surface area (Å²) >= 11 is 1.35. The largest absolute Gasteiger partial charge is 0.389 e. The van der Waals surface area contributed by atoms with Gasteiger partial charge in [0.1, 0.15) is 5.00 Å². The molecule has 0 bridgehead atoms. The summed E-state index contributed by atoms with van der Waals surface area (Å²) in [4.78, 5) is 16.5. The van der Waals surface area contributed by atoms with Gasteiger partial charge in [0, 0.05) is 6.54 Å². The molecule has 72 valence electrons. The molecule has 0 aliphatic rings. The Hall–Kier alpha value is -1.30. The molecule has 0 aliphatic carbocycles. The van der Waals surface area contributed by atoms with Crippen molar-refractivity contribution < 1.29 is 4.79 Å². The first kappa shape index (κ1) is 9.79. The lowest BCUT2D eigenvalue weighted by molar-refractivity contribution is -0.116. The first-order valence-electron chi connectivity index (χ1n) is 3.88. The van der Waals surface area contributed by atoms with Crippen LogP contribution in [0.1, 0.15) is 6.92 Å². The van der Waals surface area contributed by atoms with Crippen LogP contribution in [-0.4, -0.2) is 24.0 Å². The predicted molar refractivity (Wildman–Crippen MR) is 53.6 cm³/mol. The minimum atomic E-state index is -0.365. The highest BCUT2D eigenvalue weighted by atomic mass is 32.1. The van der Waals surface area contributed by atoms with Crippen LogP contribution in [0, 0.1) is 0 Å². The average molecular weight is 200 g/mol. The lowest BCUT2D eigenvalue weighted by atomic mass is 10.5. The molecule has 1 rings (SSSR count). The summed E-state index contributed by atoms with van der Waals surface area (Å²) in [5, 5.41) is 1.37. The Morgan fingerprint density at radius 1 is 1.77 bits per heavy atom. The van der Waals surface area contributed by atoms with Gasteiger partial charge < -0.3 is 16.4 Å². The molecule has 0 fully saturated rings. The Bertz CT molecular complexity index is 298. The molecule has 0 saturated heterocycles. The van der Waals surface area contributed by atoms with Gasteiger partial charge in [0.25, 0.3) is 0 Å². The van der Waals surface area contributed by atoms with E-state index in [0.717, 1.165) is 5.13 Å². The third-order valence-corrected chi connectivity index (χ3v) is 2.40. The van der Waals surface area contributed by atoms with Crippen LogP contribution in [0.25, 0.3) is 0 Å². The Morgan fingerprint density at radius 3 is 2.85 bits per heavy atom. The molecule has 0 aliphatic heterocycles. The average Bonchev–Trinajstić information content (AvgIpc) is 2.47. The van der Waals surface area contributed by atoms with E-state index in [9.17, 15) is 4.79 Å². The second-order valence-electron chi connectivity index (χ2n) is 2.53. The number of nitrogens with zero attached hydrogens (tertiary/aromatic N) is 2. The van der Waals surface area contributed by atoms with Crippen molar-refractivity contribution in [3.63, 3.8) is 0 Å². The van der Waals surface area contributed by atoms with Crippen LogP contribution in [0.4, 0.5) is 10.1 Å². The number of rotatable bonds is 4. The van der Waals surface area contributed by atoms with Gasteiger partial charge in [-0.05, 0) is 6.92 Å². The summed E-state index contributed by atoms with van der Waals surface area (Å²) in [5.41, 5.74) is 10.6. The highest BCUT2D eigenvalue weighted by Crippen LogP contribution is 2.23. The van der Waals surface area contributed by atoms with E-state index in [-0.39, 0.29) is 12.5 Å². The minimum Gasteiger partial charge on any atom is -0.389 e. The molecule has 1 amide bonds. The molecule has 1 heterocycles. The number of aromatic nitrogens is 1. The van der Waals surface area contributed by atoms with E-state index in [2.05, 4.69) is 4.98 Å². The van der Waals surface area contributed by atoms with Crippen molar-refractivity contribution in [1.29, 1.82) is 0 Å². The number of amides is 1. The summed E-state index contributed by atoms with van der Waals surface area (Å²) < 4.78 is 0. The second kappa shape index (κ2) is 4.08. The fourth-order valence-electron chi connectivity index (χ4n) is 0.926. The Morgan fingerprint density at radius 2 is 2.46 bits per heavy atom. The minimum absolute atomic E-state index is 0.184. The number of hydrogen-bond acceptors (Lipinski definition) is 5. The summed E-state index contributed by atoms with van der Waals surface area (Å²) in [6.45, 7) is 2.81. The molecule has 0 spiro atoms. The number of nitrogens with two attached hydrogens (primary N) is 2. The summed E-state index contributed by atoms with van der Waals surface area (Å²) in [6.07, 6.45) is 1.57. The van der Waals surface area contributed by atoms with Crippen molar-refractivity contribution in [2.75, 3.05) is 23.7 Å². The maximum Gasteiger partial charge on any atom is 0.237 e. The van der Waals surface area contributed by atoms with E-state index in [0.29, 0.717) is 11.5 Å². The van der Waals surface area contributed by atoms with Crippen molar-refractivity contribution in [3.05, 3.63) is 6.20 Å². The maximum absolute atomic E-state index is 10.7. The SMILES string of the molecule is CCN(CC(N)=O)c1ncc(N)s1. The van der Waals surface area contributed by atoms with Crippen molar-refractivity contribution in [1.82, 2.24) is 4.98 Å². The summed E-state index contributed by atoms with van der Waals surface area (Å²) in [6, 6.07) is 0. The fourth-order valence-corrected chi connectivity index (χ4v) is 1.67. The Balaban J connectivity index is 2.72. The monoisotopic (exact) mass is 200 g/mol. The standard InChI is InChI=1S/C7H12N4OS/c1-2-11(4-5(8)12)7-10-3-6(9)13-7/h3H,2,4,9H2,1H3,(H2,8,12). The number of nitrogen functional groups attached to an aromatic ring is 1. The van der Waals surface area contributed by atoms with Crippen molar-refractivity contribution in [2.24, 2.45) is 5.73 Å². The number of hydrogen-bond donors (Lipinski definition) is 2. The number of thiazole rings is 1. The third-order valence-electron chi connectivity index (χ3n) is 1.51. The molecule has 0 atom stereocenters. The third kappa shape index (κ3) is 2.59. The molecule has 6 heteroatoms. The lowest BCUT2D eigenvalue weighted by Crippen LogP contribution is -2.33. The van der Waals surface area contributed by atoms with Gasteiger partial charge in [-0.15, -0.1) is 0 Å². The van der Waals surface area contributed by atoms with Crippen LogP contribution in [-0.2, 0) is 4.79 Å². The van der Waals surface area contributed by atoms with Gasteiger partial charge in [-0.1, -0.05) is 11.3 Å². The molecular weight excluding hydrogens is 188 g/mol. The van der Waals surface area contributed by atoms with Crippen LogP contribution in [0.5, 0.6) is 0 Å². The van der Waals surface area contributed by atoms with E-state index in [1.807, 2.05) is 6.92 Å². The highest BCUT2D eigenvalue weighted by molar-refractivity contribution is 7.19. The van der Waals surface area contributed by atoms with Crippen molar-refractivity contribution in [3.8, 4) is 0 Å². The van der Waals surface area contributed by atoms with Gasteiger partial charge in [-0.2, -0.15) is 0 Å². The summed E-state index contributed by atoms with van der Waals surface area (Å²) in [7, 11) is 0. The topological polar surface area (TPSA) is 85.2 Å². The first-order valence-corrected chi connectivity index (χ1v) is 4.69. The van der Waals surface area contributed by atoms with E-state index >= 15 is 0 Å². The zero-order chi connectivity index (χ0) is 9.84. The molecule has 0 saturated carbocycles. The number of anilines is 2. The number of carbonyl (C=O) groups excluding carboxylic acids is 1. The summed E-state index contributed by atoms with van der Waals surface area (Å²) in [5.74, 6) is -0.365. The highest BCUT2D eigenvalue weighted by Gasteiger charge is 2.10. The fraction of sp³-hybridized carbons (Fsp3) is 0.429. The number of likely N-dealkylation sites (N-methyl/N-ethyl adjacent to an activating group) is 1. The van der Waals surface area contributed by atoms with Crippen molar-refractivity contribution >= 4 is 27.4 Å². The van der Waals surface area contributed by atoms with E-state index in [4.69, 9.17) is 11.5 Å². The van der Waals surface area contributed by atoms with E-state index in [1.165, 1.54) is 11.3 Å². The molecule has 0 radical (unpaired) electrons. The molecular formula is C7H12N4OS.